The van der Waals surface area contributed by atoms with Gasteiger partial charge >= 0.3 is 0 Å². The van der Waals surface area contributed by atoms with E-state index in [2.05, 4.69) is 5.32 Å². The van der Waals surface area contributed by atoms with Crippen molar-refractivity contribution in [1.29, 1.82) is 0 Å². The normalized spacial score (nSPS) is 10.1. The Kier molecular flexibility index (Phi) is 4.25. The second kappa shape index (κ2) is 6.10. The first-order valence-electron chi connectivity index (χ1n) is 6.04. The fourth-order valence-electron chi connectivity index (χ4n) is 1.87. The van der Waals surface area contributed by atoms with Crippen LogP contribution in [-0.4, -0.2) is 19.8 Å². The van der Waals surface area contributed by atoms with Crippen LogP contribution in [0.25, 0.3) is 0 Å². The number of ether oxygens (including phenoxy) is 1. The summed E-state index contributed by atoms with van der Waals surface area (Å²) in [6.07, 6.45) is 0. The van der Waals surface area contributed by atoms with E-state index < -0.39 is 4.92 Å². The summed E-state index contributed by atoms with van der Waals surface area (Å²) in [6, 6.07) is 12.4. The Labute approximate surface area is 118 Å². The second-order valence-corrected chi connectivity index (χ2v) is 4.19. The van der Waals surface area contributed by atoms with Crippen molar-refractivity contribution in [2.45, 2.75) is 6.61 Å². The summed E-state index contributed by atoms with van der Waals surface area (Å²) in [5.74, 6) is 0.364. The van der Waals surface area contributed by atoms with Crippen LogP contribution in [0, 0.1) is 10.1 Å². The van der Waals surface area contributed by atoms with Gasteiger partial charge in [0.25, 0.3) is 5.69 Å². The molecule has 5 nitrogen and oxygen atoms in total. The number of anilines is 1. The molecule has 20 heavy (non-hydrogen) atoms. The van der Waals surface area contributed by atoms with Crippen LogP contribution in [0.15, 0.2) is 42.5 Å². The van der Waals surface area contributed by atoms with Gasteiger partial charge in [0.05, 0.1) is 4.92 Å². The summed E-state index contributed by atoms with van der Waals surface area (Å²) in [4.78, 5) is 10.5. The Bertz CT molecular complexity index is 617. The molecule has 0 atom stereocenters. The highest BCUT2D eigenvalue weighted by Gasteiger charge is 2.18. The number of nitrogens with one attached hydrogen (secondary N) is 1. The quantitative estimate of drug-likeness (QED) is 0.511. The number of nitrogens with zero attached hydrogens (tertiary/aromatic N) is 1. The highest BCUT2D eigenvalue weighted by molar-refractivity contribution is 6.33. The maximum Gasteiger partial charge on any atom is 0.295 e. The Morgan fingerprint density at radius 3 is 2.60 bits per heavy atom. The van der Waals surface area contributed by atoms with Crippen molar-refractivity contribution in [3.8, 4) is 5.75 Å². The average Bonchev–Trinajstić information content (AvgIpc) is 2.45. The largest absolute Gasteiger partial charge is 0.486 e. The van der Waals surface area contributed by atoms with Gasteiger partial charge in [-0.25, -0.2) is 0 Å². The van der Waals surface area contributed by atoms with Gasteiger partial charge in [-0.05, 0) is 11.6 Å². The molecular weight excluding hydrogens is 255 g/mol. The summed E-state index contributed by atoms with van der Waals surface area (Å²) >= 11 is 0. The lowest BCUT2D eigenvalue weighted by atomic mass is 9.95. The van der Waals surface area contributed by atoms with Gasteiger partial charge in [0.1, 0.15) is 20.2 Å². The van der Waals surface area contributed by atoms with Crippen molar-refractivity contribution in [2.24, 2.45) is 0 Å². The van der Waals surface area contributed by atoms with Gasteiger partial charge < -0.3 is 10.1 Å². The third-order valence-corrected chi connectivity index (χ3v) is 2.79. The zero-order valence-corrected chi connectivity index (χ0v) is 11.0. The number of benzene rings is 2. The molecule has 0 heterocycles. The van der Waals surface area contributed by atoms with Gasteiger partial charge in [-0.3, -0.25) is 10.1 Å². The Hall–Kier alpha value is -2.50. The predicted octanol–water partition coefficient (Wildman–Crippen LogP) is 2.01. The van der Waals surface area contributed by atoms with Crippen molar-refractivity contribution in [3.63, 3.8) is 0 Å². The smallest absolute Gasteiger partial charge is 0.295 e. The van der Waals surface area contributed by atoms with Crippen LogP contribution in [0.4, 0.5) is 11.4 Å². The minimum absolute atomic E-state index is 0.101. The molecule has 0 spiro atoms. The molecule has 100 valence electrons. The van der Waals surface area contributed by atoms with E-state index in [1.54, 1.807) is 13.1 Å². The van der Waals surface area contributed by atoms with Crippen molar-refractivity contribution in [1.82, 2.24) is 0 Å². The second-order valence-electron chi connectivity index (χ2n) is 4.19. The molecule has 0 amide bonds. The lowest BCUT2D eigenvalue weighted by Gasteiger charge is -2.12. The standard InChI is InChI=1S/C14H13BN2O3/c1-16-14-12(17(18)19)7-11(15)8-13(14)20-9-10-5-3-2-4-6-10/h2-8,16H,9H2,1H3. The first-order chi connectivity index (χ1) is 9.61. The third-order valence-electron chi connectivity index (χ3n) is 2.79. The molecule has 0 fully saturated rings. The highest BCUT2D eigenvalue weighted by atomic mass is 16.6. The van der Waals surface area contributed by atoms with Crippen molar-refractivity contribution < 1.29 is 9.66 Å². The van der Waals surface area contributed by atoms with Crippen LogP contribution in [-0.2, 0) is 6.61 Å². The Balaban J connectivity index is 2.29. The molecule has 6 heteroatoms. The number of rotatable bonds is 5. The van der Waals surface area contributed by atoms with Gasteiger partial charge in [0.15, 0.2) is 5.69 Å². The van der Waals surface area contributed by atoms with Crippen LogP contribution in [0.2, 0.25) is 0 Å². The highest BCUT2D eigenvalue weighted by Crippen LogP contribution is 2.33. The molecule has 0 unspecified atom stereocenters. The summed E-state index contributed by atoms with van der Waals surface area (Å²) in [5, 5.41) is 13.8. The summed E-state index contributed by atoms with van der Waals surface area (Å²) in [7, 11) is 7.28. The van der Waals surface area contributed by atoms with E-state index in [0.29, 0.717) is 23.5 Å². The Morgan fingerprint density at radius 1 is 1.30 bits per heavy atom. The third kappa shape index (κ3) is 3.09. The van der Waals surface area contributed by atoms with E-state index in [4.69, 9.17) is 12.6 Å². The molecule has 0 aliphatic rings. The van der Waals surface area contributed by atoms with Crippen LogP contribution < -0.4 is 15.5 Å². The van der Waals surface area contributed by atoms with E-state index >= 15 is 0 Å². The topological polar surface area (TPSA) is 64.4 Å². The minimum atomic E-state index is -0.489. The van der Waals surface area contributed by atoms with E-state index in [-0.39, 0.29) is 5.69 Å². The van der Waals surface area contributed by atoms with E-state index in [0.717, 1.165) is 5.56 Å². The molecule has 0 aliphatic carbocycles. The predicted molar refractivity (Wildman–Crippen MR) is 78.8 cm³/mol. The first-order valence-corrected chi connectivity index (χ1v) is 6.04. The van der Waals surface area contributed by atoms with Gasteiger partial charge in [-0.1, -0.05) is 35.8 Å². The molecule has 0 saturated carbocycles. The first kappa shape index (κ1) is 13.9. The van der Waals surface area contributed by atoms with Crippen molar-refractivity contribution >= 4 is 24.7 Å². The molecule has 0 bridgehead atoms. The minimum Gasteiger partial charge on any atom is -0.486 e. The van der Waals surface area contributed by atoms with Crippen LogP contribution in [0.3, 0.4) is 0 Å². The Morgan fingerprint density at radius 2 is 2.00 bits per heavy atom. The number of nitro groups is 1. The fraction of sp³-hybridized carbons (Fsp3) is 0.143. The zero-order chi connectivity index (χ0) is 14.5. The van der Waals surface area contributed by atoms with Gasteiger partial charge in [-0.2, -0.15) is 0 Å². The zero-order valence-electron chi connectivity index (χ0n) is 11.0. The van der Waals surface area contributed by atoms with E-state index in [1.165, 1.54) is 6.07 Å². The molecule has 0 aliphatic heterocycles. The molecule has 2 aromatic carbocycles. The molecule has 0 aromatic heterocycles. The van der Waals surface area contributed by atoms with Crippen LogP contribution >= 0.6 is 0 Å². The van der Waals surface area contributed by atoms with Gasteiger partial charge in [0, 0.05) is 13.1 Å². The molecule has 2 radical (unpaired) electrons. The van der Waals surface area contributed by atoms with Crippen LogP contribution in [0.5, 0.6) is 5.75 Å². The molecule has 0 saturated heterocycles. The van der Waals surface area contributed by atoms with Crippen molar-refractivity contribution in [2.75, 3.05) is 12.4 Å². The van der Waals surface area contributed by atoms with E-state index in [9.17, 15) is 10.1 Å². The molecular formula is C14H13BN2O3. The van der Waals surface area contributed by atoms with Crippen molar-refractivity contribution in [3.05, 3.63) is 58.1 Å². The number of hydrogen-bond donors (Lipinski definition) is 1. The SMILES string of the molecule is [B]c1cc(OCc2ccccc2)c(NC)c([N+](=O)[O-])c1. The number of hydrogen-bond acceptors (Lipinski definition) is 4. The molecule has 2 rings (SSSR count). The number of nitro benzene ring substituents is 1. The fourth-order valence-corrected chi connectivity index (χ4v) is 1.87. The lowest BCUT2D eigenvalue weighted by molar-refractivity contribution is -0.383. The average molecular weight is 268 g/mol. The molecule has 2 aromatic rings. The lowest BCUT2D eigenvalue weighted by Crippen LogP contribution is -2.09. The summed E-state index contributed by atoms with van der Waals surface area (Å²) < 4.78 is 5.64. The van der Waals surface area contributed by atoms with E-state index in [1.807, 2.05) is 30.3 Å². The van der Waals surface area contributed by atoms with Gasteiger partial charge in [-0.15, -0.1) is 0 Å². The van der Waals surface area contributed by atoms with Crippen LogP contribution in [0.1, 0.15) is 5.56 Å². The maximum atomic E-state index is 11.0. The summed E-state index contributed by atoms with van der Waals surface area (Å²) in [6.45, 7) is 0.316. The maximum absolute atomic E-state index is 11.0. The summed E-state index contributed by atoms with van der Waals surface area (Å²) in [5.41, 5.74) is 1.48. The monoisotopic (exact) mass is 268 g/mol. The molecule has 1 N–H and O–H groups in total. The van der Waals surface area contributed by atoms with Gasteiger partial charge in [0.2, 0.25) is 0 Å².